The van der Waals surface area contributed by atoms with Crippen LogP contribution in [-0.4, -0.2) is 20.0 Å². The minimum absolute atomic E-state index is 0.158. The van der Waals surface area contributed by atoms with Gasteiger partial charge in [-0.25, -0.2) is 0 Å². The second kappa shape index (κ2) is 8.13. The zero-order chi connectivity index (χ0) is 21.4. The standard InChI is InChI=1S/C25H29IO3/c1-16(15-29-23-21(26)11-17(14-27)12-22(23)28-6)18-7-8-19-20(13-18)25(4,5)10-9-24(19,2)3/h7-8,11-14H,1,9-10,15H2,2-6H3. The summed E-state index contributed by atoms with van der Waals surface area (Å²) in [5.41, 5.74) is 5.80. The molecule has 0 fully saturated rings. The van der Waals surface area contributed by atoms with Crippen molar-refractivity contribution >= 4 is 34.5 Å². The Balaban J connectivity index is 1.85. The summed E-state index contributed by atoms with van der Waals surface area (Å²) in [6.45, 7) is 13.9. The van der Waals surface area contributed by atoms with Crippen LogP contribution in [0.4, 0.5) is 0 Å². The van der Waals surface area contributed by atoms with E-state index >= 15 is 0 Å². The predicted molar refractivity (Wildman–Crippen MR) is 127 cm³/mol. The molecule has 0 heterocycles. The second-order valence-electron chi connectivity index (χ2n) is 9.07. The van der Waals surface area contributed by atoms with Gasteiger partial charge in [-0.3, -0.25) is 4.79 Å². The molecular weight excluding hydrogens is 475 g/mol. The first-order valence-electron chi connectivity index (χ1n) is 9.88. The van der Waals surface area contributed by atoms with Crippen LogP contribution in [0, 0.1) is 3.57 Å². The Kier molecular flexibility index (Phi) is 6.13. The number of aldehydes is 1. The molecule has 3 rings (SSSR count). The molecule has 0 amide bonds. The molecule has 0 saturated heterocycles. The predicted octanol–water partition coefficient (Wildman–Crippen LogP) is 6.55. The van der Waals surface area contributed by atoms with Crippen molar-refractivity contribution in [1.82, 2.24) is 0 Å². The van der Waals surface area contributed by atoms with Gasteiger partial charge < -0.3 is 9.47 Å². The van der Waals surface area contributed by atoms with E-state index in [1.807, 2.05) is 0 Å². The molecule has 0 spiro atoms. The lowest BCUT2D eigenvalue weighted by molar-refractivity contribution is 0.112. The fourth-order valence-corrected chi connectivity index (χ4v) is 4.78. The molecule has 0 radical (unpaired) electrons. The summed E-state index contributed by atoms with van der Waals surface area (Å²) in [5.74, 6) is 1.19. The normalized spacial score (nSPS) is 16.6. The van der Waals surface area contributed by atoms with E-state index in [1.165, 1.54) is 24.0 Å². The van der Waals surface area contributed by atoms with Crippen molar-refractivity contribution in [2.45, 2.75) is 51.4 Å². The summed E-state index contributed by atoms with van der Waals surface area (Å²) in [7, 11) is 1.58. The average Bonchev–Trinajstić information content (AvgIpc) is 2.69. The summed E-state index contributed by atoms with van der Waals surface area (Å²) in [6.07, 6.45) is 3.19. The number of fused-ring (bicyclic) bond motifs is 1. The van der Waals surface area contributed by atoms with Crippen LogP contribution < -0.4 is 9.47 Å². The summed E-state index contributed by atoms with van der Waals surface area (Å²) in [5, 5.41) is 0. The van der Waals surface area contributed by atoms with E-state index in [-0.39, 0.29) is 10.8 Å². The van der Waals surface area contributed by atoms with Gasteiger partial charge in [0.25, 0.3) is 0 Å². The molecule has 0 saturated carbocycles. The lowest BCUT2D eigenvalue weighted by atomic mass is 9.63. The third kappa shape index (κ3) is 4.37. The number of methoxy groups -OCH3 is 1. The number of rotatable bonds is 6. The zero-order valence-electron chi connectivity index (χ0n) is 17.9. The van der Waals surface area contributed by atoms with Crippen LogP contribution in [-0.2, 0) is 10.8 Å². The fourth-order valence-electron chi connectivity index (χ4n) is 4.00. The van der Waals surface area contributed by atoms with Crippen LogP contribution in [0.3, 0.4) is 0 Å². The molecule has 0 bridgehead atoms. The van der Waals surface area contributed by atoms with Crippen molar-refractivity contribution in [1.29, 1.82) is 0 Å². The van der Waals surface area contributed by atoms with Crippen molar-refractivity contribution in [3.8, 4) is 11.5 Å². The third-order valence-electron chi connectivity index (χ3n) is 6.04. The molecule has 3 nitrogen and oxygen atoms in total. The number of hydrogen-bond donors (Lipinski definition) is 0. The van der Waals surface area contributed by atoms with E-state index in [1.54, 1.807) is 19.2 Å². The van der Waals surface area contributed by atoms with Gasteiger partial charge in [0.15, 0.2) is 11.5 Å². The fraction of sp³-hybridized carbons (Fsp3) is 0.400. The van der Waals surface area contributed by atoms with Crippen LogP contribution in [0.5, 0.6) is 11.5 Å². The van der Waals surface area contributed by atoms with E-state index in [4.69, 9.17) is 9.47 Å². The highest BCUT2D eigenvalue weighted by atomic mass is 127. The summed E-state index contributed by atoms with van der Waals surface area (Å²) in [6, 6.07) is 10.2. The number of hydrogen-bond acceptors (Lipinski definition) is 3. The van der Waals surface area contributed by atoms with Gasteiger partial charge in [-0.2, -0.15) is 0 Å². The molecule has 0 atom stereocenters. The van der Waals surface area contributed by atoms with E-state index in [9.17, 15) is 4.79 Å². The minimum atomic E-state index is 0.158. The highest BCUT2D eigenvalue weighted by Crippen LogP contribution is 2.46. The SMILES string of the molecule is C=C(COc1c(I)cc(C=O)cc1OC)c1ccc2c(c1)C(C)(C)CCC2(C)C. The molecular formula is C25H29IO3. The Morgan fingerprint density at radius 1 is 1.10 bits per heavy atom. The van der Waals surface area contributed by atoms with Crippen molar-refractivity contribution < 1.29 is 14.3 Å². The van der Waals surface area contributed by atoms with E-state index in [0.717, 1.165) is 21.0 Å². The largest absolute Gasteiger partial charge is 0.493 e. The molecule has 0 aromatic heterocycles. The molecule has 154 valence electrons. The average molecular weight is 504 g/mol. The Morgan fingerprint density at radius 3 is 2.38 bits per heavy atom. The summed E-state index contributed by atoms with van der Waals surface area (Å²) >= 11 is 2.16. The monoisotopic (exact) mass is 504 g/mol. The number of ether oxygens (including phenoxy) is 2. The highest BCUT2D eigenvalue weighted by Gasteiger charge is 2.37. The van der Waals surface area contributed by atoms with Gasteiger partial charge in [0, 0.05) is 5.56 Å². The molecule has 0 N–H and O–H groups in total. The highest BCUT2D eigenvalue weighted by molar-refractivity contribution is 14.1. The first-order valence-corrected chi connectivity index (χ1v) is 11.0. The topological polar surface area (TPSA) is 35.5 Å². The molecule has 2 aromatic rings. The van der Waals surface area contributed by atoms with Crippen LogP contribution in [0.15, 0.2) is 36.9 Å². The van der Waals surface area contributed by atoms with Crippen LogP contribution in [0.2, 0.25) is 0 Å². The zero-order valence-corrected chi connectivity index (χ0v) is 20.1. The van der Waals surface area contributed by atoms with Crippen molar-refractivity contribution in [2.75, 3.05) is 13.7 Å². The van der Waals surface area contributed by atoms with Gasteiger partial charge in [0.1, 0.15) is 12.9 Å². The number of benzene rings is 2. The lowest BCUT2D eigenvalue weighted by Crippen LogP contribution is -2.33. The molecule has 4 heteroatoms. The van der Waals surface area contributed by atoms with Crippen molar-refractivity contribution in [3.63, 3.8) is 0 Å². The molecule has 1 aliphatic rings. The van der Waals surface area contributed by atoms with Gasteiger partial charge in [-0.1, -0.05) is 52.5 Å². The number of carbonyl (C=O) groups excluding carboxylic acids is 1. The number of carbonyl (C=O) groups is 1. The molecule has 0 unspecified atom stereocenters. The van der Waals surface area contributed by atoms with E-state index < -0.39 is 0 Å². The maximum Gasteiger partial charge on any atom is 0.174 e. The molecule has 0 aliphatic heterocycles. The molecule has 1 aliphatic carbocycles. The Bertz CT molecular complexity index is 957. The summed E-state index contributed by atoms with van der Waals surface area (Å²) in [4.78, 5) is 11.1. The van der Waals surface area contributed by atoms with Crippen LogP contribution in [0.25, 0.3) is 5.57 Å². The maximum absolute atomic E-state index is 11.1. The van der Waals surface area contributed by atoms with Crippen LogP contribution in [0.1, 0.15) is 67.6 Å². The first kappa shape index (κ1) is 21.9. The van der Waals surface area contributed by atoms with Gasteiger partial charge in [0.2, 0.25) is 0 Å². The second-order valence-corrected chi connectivity index (χ2v) is 10.2. The van der Waals surface area contributed by atoms with Crippen molar-refractivity contribution in [2.24, 2.45) is 0 Å². The number of halogens is 1. The van der Waals surface area contributed by atoms with Gasteiger partial charge >= 0.3 is 0 Å². The van der Waals surface area contributed by atoms with E-state index in [2.05, 4.69) is 75.1 Å². The first-order chi connectivity index (χ1) is 13.6. The third-order valence-corrected chi connectivity index (χ3v) is 6.84. The van der Waals surface area contributed by atoms with Gasteiger partial charge in [0.05, 0.1) is 10.7 Å². The molecule has 2 aromatic carbocycles. The smallest absolute Gasteiger partial charge is 0.174 e. The lowest BCUT2D eigenvalue weighted by Gasteiger charge is -2.42. The molecule has 29 heavy (non-hydrogen) atoms. The van der Waals surface area contributed by atoms with Gasteiger partial charge in [-0.05, 0) is 80.7 Å². The summed E-state index contributed by atoms with van der Waals surface area (Å²) < 4.78 is 12.3. The van der Waals surface area contributed by atoms with Crippen molar-refractivity contribution in [3.05, 3.63) is 62.7 Å². The maximum atomic E-state index is 11.1. The minimum Gasteiger partial charge on any atom is -0.493 e. The van der Waals surface area contributed by atoms with Crippen LogP contribution >= 0.6 is 22.6 Å². The Morgan fingerprint density at radius 2 is 1.76 bits per heavy atom. The Labute approximate surface area is 187 Å². The van der Waals surface area contributed by atoms with E-state index in [0.29, 0.717) is 23.7 Å². The van der Waals surface area contributed by atoms with Gasteiger partial charge in [-0.15, -0.1) is 0 Å². The quantitative estimate of drug-likeness (QED) is 0.331. The Hall–Kier alpha value is -1.82.